The van der Waals surface area contributed by atoms with Gasteiger partial charge in [0.15, 0.2) is 0 Å². The van der Waals surface area contributed by atoms with E-state index in [1.807, 2.05) is 0 Å². The molecule has 0 fully saturated rings. The van der Waals surface area contributed by atoms with Crippen LogP contribution >= 0.6 is 0 Å². The van der Waals surface area contributed by atoms with E-state index in [0.717, 1.165) is 6.92 Å². The second-order valence-electron chi connectivity index (χ2n) is 2.73. The molecule has 0 bridgehead atoms. The van der Waals surface area contributed by atoms with Gasteiger partial charge in [-0.25, -0.2) is 8.78 Å². The maximum absolute atomic E-state index is 11.9. The summed E-state index contributed by atoms with van der Waals surface area (Å²) in [6, 6.07) is 0. The van der Waals surface area contributed by atoms with Crippen LogP contribution in [0.4, 0.5) is 8.78 Å². The molecule has 4 heteroatoms. The van der Waals surface area contributed by atoms with Crippen LogP contribution in [0, 0.1) is 0 Å². The summed E-state index contributed by atoms with van der Waals surface area (Å²) in [6.07, 6.45) is -3.15. The lowest BCUT2D eigenvalue weighted by Gasteiger charge is -2.20. The summed E-state index contributed by atoms with van der Waals surface area (Å²) >= 11 is 0. The predicted molar refractivity (Wildman–Crippen MR) is 36.5 cm³/mol. The van der Waals surface area contributed by atoms with Gasteiger partial charge in [0.1, 0.15) is 11.4 Å². The second-order valence-corrected chi connectivity index (χ2v) is 2.73. The van der Waals surface area contributed by atoms with Crippen molar-refractivity contribution in [2.75, 3.05) is 0 Å². The van der Waals surface area contributed by atoms with Crippen LogP contribution < -0.4 is 0 Å². The van der Waals surface area contributed by atoms with Crippen molar-refractivity contribution in [3.8, 4) is 0 Å². The number of hydrogen-bond donors (Lipinski definition) is 1. The summed E-state index contributed by atoms with van der Waals surface area (Å²) in [5, 5.41) is 8.92. The van der Waals surface area contributed by atoms with E-state index in [1.165, 1.54) is 0 Å². The summed E-state index contributed by atoms with van der Waals surface area (Å²) in [4.78, 5) is 10.6. The Morgan fingerprint density at radius 2 is 2.09 bits per heavy atom. The molecule has 0 aromatic heterocycles. The molecule has 11 heavy (non-hydrogen) atoms. The van der Waals surface area contributed by atoms with Gasteiger partial charge in [0.25, 0.3) is 6.43 Å². The van der Waals surface area contributed by atoms with Crippen molar-refractivity contribution in [2.45, 2.75) is 38.7 Å². The van der Waals surface area contributed by atoms with E-state index >= 15 is 0 Å². The van der Waals surface area contributed by atoms with Crippen molar-refractivity contribution < 1.29 is 18.7 Å². The van der Waals surface area contributed by atoms with Crippen LogP contribution in [0.2, 0.25) is 0 Å². The molecule has 0 aromatic rings. The molecule has 0 saturated carbocycles. The molecular formula is C7H12F2O2. The normalized spacial score (nSPS) is 16.5. The van der Waals surface area contributed by atoms with E-state index in [9.17, 15) is 13.6 Å². The lowest BCUT2D eigenvalue weighted by atomic mass is 9.99. The van der Waals surface area contributed by atoms with Crippen LogP contribution in [0.25, 0.3) is 0 Å². The third kappa shape index (κ3) is 3.41. The molecule has 0 radical (unpaired) electrons. The van der Waals surface area contributed by atoms with Gasteiger partial charge >= 0.3 is 0 Å². The first kappa shape index (κ1) is 10.5. The summed E-state index contributed by atoms with van der Waals surface area (Å²) in [7, 11) is 0. The molecule has 1 unspecified atom stereocenters. The molecule has 1 N–H and O–H groups in total. The molecular weight excluding hydrogens is 154 g/mol. The minimum absolute atomic E-state index is 0.183. The van der Waals surface area contributed by atoms with Gasteiger partial charge in [-0.15, -0.1) is 0 Å². The second kappa shape index (κ2) is 3.76. The van der Waals surface area contributed by atoms with Crippen molar-refractivity contribution in [1.82, 2.24) is 0 Å². The average Bonchev–Trinajstić information content (AvgIpc) is 1.86. The number of hydrogen-bond acceptors (Lipinski definition) is 2. The number of Topliss-reactive ketones (excluding diaryl/α,β-unsaturated/α-hetero) is 1. The van der Waals surface area contributed by atoms with Crippen molar-refractivity contribution in [2.24, 2.45) is 0 Å². The Hall–Kier alpha value is -0.510. The van der Waals surface area contributed by atoms with Gasteiger partial charge in [0, 0.05) is 12.8 Å². The molecule has 2 nitrogen and oxygen atoms in total. The monoisotopic (exact) mass is 166 g/mol. The van der Waals surface area contributed by atoms with Gasteiger partial charge in [-0.1, -0.05) is 6.92 Å². The Morgan fingerprint density at radius 1 is 1.64 bits per heavy atom. The summed E-state index contributed by atoms with van der Waals surface area (Å²) < 4.78 is 23.8. The Bertz CT molecular complexity index is 143. The number of alkyl halides is 2. The SMILES string of the molecule is CCC(=O)CC(C)(O)C(F)F. The van der Waals surface area contributed by atoms with E-state index in [0.29, 0.717) is 0 Å². The Kier molecular flexibility index (Phi) is 3.58. The van der Waals surface area contributed by atoms with E-state index < -0.39 is 18.4 Å². The molecule has 0 heterocycles. The molecule has 0 aromatic carbocycles. The fourth-order valence-corrected chi connectivity index (χ4v) is 0.601. The van der Waals surface area contributed by atoms with Crippen LogP contribution in [0.5, 0.6) is 0 Å². The first-order chi connectivity index (χ1) is 4.90. The molecule has 0 rings (SSSR count). The number of rotatable bonds is 4. The summed E-state index contributed by atoms with van der Waals surface area (Å²) in [5.41, 5.74) is -2.16. The molecule has 0 aliphatic carbocycles. The molecule has 66 valence electrons. The molecule has 0 spiro atoms. The van der Waals surface area contributed by atoms with Gasteiger partial charge in [0.05, 0.1) is 0 Å². The van der Waals surface area contributed by atoms with Gasteiger partial charge in [-0.05, 0) is 6.92 Å². The maximum Gasteiger partial charge on any atom is 0.266 e. The maximum atomic E-state index is 11.9. The minimum Gasteiger partial charge on any atom is -0.384 e. The lowest BCUT2D eigenvalue weighted by molar-refractivity contribution is -0.132. The van der Waals surface area contributed by atoms with Gasteiger partial charge in [0.2, 0.25) is 0 Å². The number of carbonyl (C=O) groups is 1. The largest absolute Gasteiger partial charge is 0.384 e. The zero-order chi connectivity index (χ0) is 9.07. The summed E-state index contributed by atoms with van der Waals surface area (Å²) in [6.45, 7) is 2.54. The van der Waals surface area contributed by atoms with Crippen LogP contribution in [0.3, 0.4) is 0 Å². The fraction of sp³-hybridized carbons (Fsp3) is 0.857. The van der Waals surface area contributed by atoms with E-state index in [2.05, 4.69) is 0 Å². The van der Waals surface area contributed by atoms with E-state index in [1.54, 1.807) is 6.92 Å². The fourth-order valence-electron chi connectivity index (χ4n) is 0.601. The first-order valence-electron chi connectivity index (χ1n) is 3.42. The average molecular weight is 166 g/mol. The van der Waals surface area contributed by atoms with Crippen LogP contribution in [0.1, 0.15) is 26.7 Å². The Morgan fingerprint density at radius 3 is 2.36 bits per heavy atom. The zero-order valence-corrected chi connectivity index (χ0v) is 6.60. The molecule has 0 aliphatic heterocycles. The molecule has 0 amide bonds. The highest BCUT2D eigenvalue weighted by Crippen LogP contribution is 2.19. The molecule has 0 saturated heterocycles. The number of ketones is 1. The van der Waals surface area contributed by atoms with Gasteiger partial charge < -0.3 is 5.11 Å². The first-order valence-corrected chi connectivity index (χ1v) is 3.42. The van der Waals surface area contributed by atoms with Crippen LogP contribution in [-0.4, -0.2) is 22.9 Å². The van der Waals surface area contributed by atoms with Gasteiger partial charge in [-0.3, -0.25) is 4.79 Å². The third-order valence-electron chi connectivity index (χ3n) is 1.42. The topological polar surface area (TPSA) is 37.3 Å². The smallest absolute Gasteiger partial charge is 0.266 e. The minimum atomic E-state index is -2.86. The highest BCUT2D eigenvalue weighted by molar-refractivity contribution is 5.79. The highest BCUT2D eigenvalue weighted by atomic mass is 19.3. The van der Waals surface area contributed by atoms with Crippen LogP contribution in [-0.2, 0) is 4.79 Å². The Labute approximate surface area is 64.2 Å². The van der Waals surface area contributed by atoms with E-state index in [-0.39, 0.29) is 12.2 Å². The molecule has 0 aliphatic rings. The quantitative estimate of drug-likeness (QED) is 0.684. The third-order valence-corrected chi connectivity index (χ3v) is 1.42. The Balaban J connectivity index is 4.01. The van der Waals surface area contributed by atoms with Gasteiger partial charge in [-0.2, -0.15) is 0 Å². The zero-order valence-electron chi connectivity index (χ0n) is 6.60. The number of halogens is 2. The van der Waals surface area contributed by atoms with Crippen molar-refractivity contribution >= 4 is 5.78 Å². The van der Waals surface area contributed by atoms with Crippen molar-refractivity contribution in [3.05, 3.63) is 0 Å². The number of carbonyl (C=O) groups excluding carboxylic acids is 1. The lowest BCUT2D eigenvalue weighted by Crippen LogP contribution is -2.35. The highest BCUT2D eigenvalue weighted by Gasteiger charge is 2.33. The van der Waals surface area contributed by atoms with E-state index in [4.69, 9.17) is 5.11 Å². The van der Waals surface area contributed by atoms with Crippen LogP contribution in [0.15, 0.2) is 0 Å². The van der Waals surface area contributed by atoms with Crippen molar-refractivity contribution in [1.29, 1.82) is 0 Å². The number of aliphatic hydroxyl groups is 1. The van der Waals surface area contributed by atoms with Crippen molar-refractivity contribution in [3.63, 3.8) is 0 Å². The standard InChI is InChI=1S/C7H12F2O2/c1-3-5(10)4-7(2,11)6(8)9/h6,11H,3-4H2,1-2H3. The summed E-state index contributed by atoms with van der Waals surface area (Å²) in [5.74, 6) is -0.352. The molecule has 1 atom stereocenters. The predicted octanol–water partition coefficient (Wildman–Crippen LogP) is 1.37.